The van der Waals surface area contributed by atoms with Crippen LogP contribution in [-0.4, -0.2) is 45.8 Å². The lowest BCUT2D eigenvalue weighted by Gasteiger charge is -2.31. The van der Waals surface area contributed by atoms with Gasteiger partial charge in [0.2, 0.25) is 5.88 Å². The van der Waals surface area contributed by atoms with E-state index in [4.69, 9.17) is 4.74 Å². The third-order valence-corrected chi connectivity index (χ3v) is 5.22. The van der Waals surface area contributed by atoms with Crippen molar-refractivity contribution in [3.8, 4) is 5.88 Å². The van der Waals surface area contributed by atoms with Gasteiger partial charge in [-0.15, -0.1) is 0 Å². The molecule has 1 saturated heterocycles. The van der Waals surface area contributed by atoms with E-state index < -0.39 is 0 Å². The molecule has 0 aliphatic carbocycles. The number of hydrogen-bond donors (Lipinski definition) is 2. The number of hydrogen-bond acceptors (Lipinski definition) is 4. The highest BCUT2D eigenvalue weighted by Gasteiger charge is 2.24. The van der Waals surface area contributed by atoms with Crippen molar-refractivity contribution < 1.29 is 9.53 Å². The number of H-pyrrole nitrogens is 1. The molecular formula is C22H25N5O2. The molecule has 1 aliphatic rings. The van der Waals surface area contributed by atoms with Crippen molar-refractivity contribution in [1.29, 1.82) is 0 Å². The molecule has 1 aliphatic heterocycles. The number of piperidine rings is 1. The van der Waals surface area contributed by atoms with Crippen molar-refractivity contribution in [1.82, 2.24) is 20.1 Å². The highest BCUT2D eigenvalue weighted by atomic mass is 16.5. The van der Waals surface area contributed by atoms with Crippen LogP contribution in [0, 0.1) is 0 Å². The molecule has 7 heteroatoms. The standard InChI is InChI=1S/C22H25N5O2/c28-22(27-13-9-18(10-14-27)20-8-12-24-26-20)25-19-6-7-21(23-16-19)29-15-11-17-4-2-1-3-5-17/h1-8,12,16,18H,9-11,13-15H2,(H,24,26)(H,25,28). The van der Waals surface area contributed by atoms with Crippen LogP contribution in [0.15, 0.2) is 60.9 Å². The zero-order valence-electron chi connectivity index (χ0n) is 16.3. The highest BCUT2D eigenvalue weighted by Crippen LogP contribution is 2.26. The van der Waals surface area contributed by atoms with Gasteiger partial charge in [-0.2, -0.15) is 5.10 Å². The minimum Gasteiger partial charge on any atom is -0.477 e. The van der Waals surface area contributed by atoms with E-state index in [0.717, 1.165) is 38.0 Å². The van der Waals surface area contributed by atoms with Crippen molar-refractivity contribution in [2.75, 3.05) is 25.0 Å². The Morgan fingerprint density at radius 2 is 1.97 bits per heavy atom. The summed E-state index contributed by atoms with van der Waals surface area (Å²) in [5.41, 5.74) is 3.05. The van der Waals surface area contributed by atoms with E-state index in [1.54, 1.807) is 18.5 Å². The largest absolute Gasteiger partial charge is 0.477 e. The van der Waals surface area contributed by atoms with Crippen LogP contribution in [0.25, 0.3) is 0 Å². The van der Waals surface area contributed by atoms with Gasteiger partial charge in [0.05, 0.1) is 18.5 Å². The van der Waals surface area contributed by atoms with Gasteiger partial charge in [-0.25, -0.2) is 9.78 Å². The first-order valence-corrected chi connectivity index (χ1v) is 9.96. The predicted octanol–water partition coefficient (Wildman–Crippen LogP) is 3.84. The van der Waals surface area contributed by atoms with Crippen molar-refractivity contribution in [2.45, 2.75) is 25.2 Å². The van der Waals surface area contributed by atoms with E-state index in [9.17, 15) is 4.79 Å². The van der Waals surface area contributed by atoms with E-state index in [1.165, 1.54) is 5.56 Å². The predicted molar refractivity (Wildman–Crippen MR) is 111 cm³/mol. The van der Waals surface area contributed by atoms with Crippen molar-refractivity contribution >= 4 is 11.7 Å². The molecule has 0 radical (unpaired) electrons. The highest BCUT2D eigenvalue weighted by molar-refractivity contribution is 5.89. The van der Waals surface area contributed by atoms with Crippen LogP contribution in [0.2, 0.25) is 0 Å². The van der Waals surface area contributed by atoms with Gasteiger partial charge in [-0.1, -0.05) is 30.3 Å². The van der Waals surface area contributed by atoms with Crippen LogP contribution in [0.4, 0.5) is 10.5 Å². The van der Waals surface area contributed by atoms with E-state index in [0.29, 0.717) is 24.1 Å². The molecule has 0 unspecified atom stereocenters. The Morgan fingerprint density at radius 1 is 1.14 bits per heavy atom. The topological polar surface area (TPSA) is 83.1 Å². The summed E-state index contributed by atoms with van der Waals surface area (Å²) in [5.74, 6) is 0.995. The molecule has 1 fully saturated rings. The Balaban J connectivity index is 1.22. The minimum atomic E-state index is -0.0902. The first-order valence-electron chi connectivity index (χ1n) is 9.96. The lowest BCUT2D eigenvalue weighted by Crippen LogP contribution is -2.40. The second kappa shape index (κ2) is 9.23. The van der Waals surface area contributed by atoms with Crippen LogP contribution in [0.3, 0.4) is 0 Å². The smallest absolute Gasteiger partial charge is 0.321 e. The molecular weight excluding hydrogens is 366 g/mol. The second-order valence-corrected chi connectivity index (χ2v) is 7.17. The summed E-state index contributed by atoms with van der Waals surface area (Å²) in [6.07, 6.45) is 6.10. The molecule has 7 nitrogen and oxygen atoms in total. The molecule has 0 spiro atoms. The number of benzene rings is 1. The van der Waals surface area contributed by atoms with E-state index in [-0.39, 0.29) is 6.03 Å². The normalized spacial score (nSPS) is 14.6. The summed E-state index contributed by atoms with van der Waals surface area (Å²) in [7, 11) is 0. The van der Waals surface area contributed by atoms with Gasteiger partial charge in [0, 0.05) is 43.4 Å². The molecule has 1 aromatic carbocycles. The lowest BCUT2D eigenvalue weighted by atomic mass is 9.94. The maximum Gasteiger partial charge on any atom is 0.321 e. The third-order valence-electron chi connectivity index (χ3n) is 5.22. The molecule has 2 aromatic heterocycles. The fraction of sp³-hybridized carbons (Fsp3) is 0.318. The number of aromatic amines is 1. The Morgan fingerprint density at radius 3 is 2.66 bits per heavy atom. The summed E-state index contributed by atoms with van der Waals surface area (Å²) < 4.78 is 5.69. The fourth-order valence-electron chi connectivity index (χ4n) is 3.55. The van der Waals surface area contributed by atoms with Gasteiger partial charge >= 0.3 is 6.03 Å². The summed E-state index contributed by atoms with van der Waals surface area (Å²) >= 11 is 0. The number of rotatable bonds is 6. The Hall–Kier alpha value is -3.35. The van der Waals surface area contributed by atoms with Crippen LogP contribution in [0.5, 0.6) is 5.88 Å². The van der Waals surface area contributed by atoms with E-state index >= 15 is 0 Å². The van der Waals surface area contributed by atoms with Crippen molar-refractivity contribution in [3.63, 3.8) is 0 Å². The molecule has 2 amide bonds. The number of anilines is 1. The van der Waals surface area contributed by atoms with Gasteiger partial charge in [0.1, 0.15) is 0 Å². The summed E-state index contributed by atoms with van der Waals surface area (Å²) in [5, 5.41) is 9.96. The molecule has 3 aromatic rings. The van der Waals surface area contributed by atoms with Gasteiger partial charge in [0.15, 0.2) is 0 Å². The van der Waals surface area contributed by atoms with Crippen LogP contribution in [-0.2, 0) is 6.42 Å². The number of nitrogens with zero attached hydrogens (tertiary/aromatic N) is 3. The van der Waals surface area contributed by atoms with E-state index in [2.05, 4.69) is 32.6 Å². The molecule has 150 valence electrons. The fourth-order valence-corrected chi connectivity index (χ4v) is 3.55. The minimum absolute atomic E-state index is 0.0902. The Labute approximate surface area is 170 Å². The number of pyridine rings is 1. The zero-order valence-corrected chi connectivity index (χ0v) is 16.3. The molecule has 4 rings (SSSR count). The molecule has 3 heterocycles. The Bertz CT molecular complexity index is 889. The number of ether oxygens (including phenoxy) is 1. The molecule has 0 bridgehead atoms. The summed E-state index contributed by atoms with van der Waals surface area (Å²) in [6.45, 7) is 2.02. The third kappa shape index (κ3) is 5.13. The maximum atomic E-state index is 12.5. The summed E-state index contributed by atoms with van der Waals surface area (Å²) in [6, 6.07) is 15.7. The van der Waals surface area contributed by atoms with Gasteiger partial charge in [-0.05, 0) is 30.5 Å². The molecule has 29 heavy (non-hydrogen) atoms. The average molecular weight is 391 g/mol. The van der Waals surface area contributed by atoms with E-state index in [1.807, 2.05) is 35.2 Å². The number of carbonyl (C=O) groups excluding carboxylic acids is 1. The maximum absolute atomic E-state index is 12.5. The summed E-state index contributed by atoms with van der Waals surface area (Å²) in [4.78, 5) is 18.6. The average Bonchev–Trinajstić information content (AvgIpc) is 3.31. The van der Waals surface area contributed by atoms with Gasteiger partial charge in [0.25, 0.3) is 0 Å². The quantitative estimate of drug-likeness (QED) is 0.669. The molecule has 0 atom stereocenters. The SMILES string of the molecule is O=C(Nc1ccc(OCCc2ccccc2)nc1)N1CCC(c2ccn[nH]2)CC1. The first-order chi connectivity index (χ1) is 14.3. The second-order valence-electron chi connectivity index (χ2n) is 7.17. The lowest BCUT2D eigenvalue weighted by molar-refractivity contribution is 0.194. The van der Waals surface area contributed by atoms with Crippen LogP contribution in [0.1, 0.15) is 30.0 Å². The zero-order chi connectivity index (χ0) is 19.9. The first kappa shape index (κ1) is 19.0. The van der Waals surface area contributed by atoms with Crippen LogP contribution >= 0.6 is 0 Å². The van der Waals surface area contributed by atoms with Crippen molar-refractivity contribution in [2.24, 2.45) is 0 Å². The monoisotopic (exact) mass is 391 g/mol. The van der Waals surface area contributed by atoms with Crippen molar-refractivity contribution in [3.05, 3.63) is 72.2 Å². The molecule has 2 N–H and O–H groups in total. The number of nitrogens with one attached hydrogen (secondary N) is 2. The number of carbonyl (C=O) groups is 1. The van der Waals surface area contributed by atoms with Crippen LogP contribution < -0.4 is 10.1 Å². The number of aromatic nitrogens is 3. The number of likely N-dealkylation sites (tertiary alicyclic amines) is 1. The van der Waals surface area contributed by atoms with Gasteiger partial charge < -0.3 is 15.0 Å². The molecule has 0 saturated carbocycles. The Kier molecular flexibility index (Phi) is 6.04. The number of amides is 2. The van der Waals surface area contributed by atoms with Gasteiger partial charge in [-0.3, -0.25) is 5.10 Å². The number of urea groups is 1.